The van der Waals surface area contributed by atoms with Crippen LogP contribution in [0.25, 0.3) is 0 Å². The number of rotatable bonds is 6. The van der Waals surface area contributed by atoms with Gasteiger partial charge in [0, 0.05) is 18.7 Å². The lowest BCUT2D eigenvalue weighted by Crippen LogP contribution is -2.34. The van der Waals surface area contributed by atoms with Crippen molar-refractivity contribution in [2.24, 2.45) is 0 Å². The third kappa shape index (κ3) is 4.13. The number of halogens is 1. The number of carboxylic acids is 1. The summed E-state index contributed by atoms with van der Waals surface area (Å²) in [5, 5.41) is 11.9. The van der Waals surface area contributed by atoms with Crippen LogP contribution < -0.4 is 5.32 Å². The molecule has 0 bridgehead atoms. The van der Waals surface area contributed by atoms with Gasteiger partial charge >= 0.3 is 5.97 Å². The van der Waals surface area contributed by atoms with Crippen molar-refractivity contribution in [2.45, 2.75) is 6.04 Å². The molecule has 2 N–H and O–H groups in total. The lowest BCUT2D eigenvalue weighted by Gasteiger charge is -2.17. The third-order valence-electron chi connectivity index (χ3n) is 2.37. The van der Waals surface area contributed by atoms with E-state index in [0.717, 1.165) is 0 Å². The topological polar surface area (TPSA) is 52.6 Å². The van der Waals surface area contributed by atoms with Crippen LogP contribution in [0, 0.1) is 5.82 Å². The van der Waals surface area contributed by atoms with E-state index in [1.165, 1.54) is 18.2 Å². The molecule has 1 aromatic carbocycles. The quantitative estimate of drug-likeness (QED) is 0.782. The molecule has 0 fully saturated rings. The highest BCUT2D eigenvalue weighted by molar-refractivity contribution is 5.75. The maximum atomic E-state index is 13.5. The summed E-state index contributed by atoms with van der Waals surface area (Å²) in [5.74, 6) is -1.58. The minimum Gasteiger partial charge on any atom is -0.480 e. The van der Waals surface area contributed by atoms with Gasteiger partial charge in [0.2, 0.25) is 0 Å². The first-order valence-electron chi connectivity index (χ1n) is 5.37. The van der Waals surface area contributed by atoms with E-state index < -0.39 is 17.8 Å². The van der Waals surface area contributed by atoms with Crippen molar-refractivity contribution in [3.63, 3.8) is 0 Å². The lowest BCUT2D eigenvalue weighted by atomic mass is 10.1. The molecular weight excluding hydrogens is 223 g/mol. The summed E-state index contributed by atoms with van der Waals surface area (Å²) in [5.41, 5.74) is 0.166. The van der Waals surface area contributed by atoms with Gasteiger partial charge < -0.3 is 10.0 Å². The summed E-state index contributed by atoms with van der Waals surface area (Å²) in [6, 6.07) is 4.91. The molecule has 1 rings (SSSR count). The minimum absolute atomic E-state index is 0.166. The average molecular weight is 240 g/mol. The first kappa shape index (κ1) is 13.6. The zero-order valence-corrected chi connectivity index (χ0v) is 9.98. The second-order valence-electron chi connectivity index (χ2n) is 4.05. The van der Waals surface area contributed by atoms with Crippen LogP contribution in [0.15, 0.2) is 24.3 Å². The normalized spacial score (nSPS) is 12.7. The van der Waals surface area contributed by atoms with Crippen molar-refractivity contribution < 1.29 is 14.3 Å². The second-order valence-corrected chi connectivity index (χ2v) is 4.05. The van der Waals surface area contributed by atoms with Crippen molar-refractivity contribution in [2.75, 3.05) is 27.2 Å². The molecule has 0 saturated heterocycles. The Labute approximate surface area is 100 Å². The smallest absolute Gasteiger partial charge is 0.325 e. The van der Waals surface area contributed by atoms with Gasteiger partial charge in [0.25, 0.3) is 0 Å². The van der Waals surface area contributed by atoms with Crippen LogP contribution in [0.2, 0.25) is 0 Å². The summed E-state index contributed by atoms with van der Waals surface area (Å²) >= 11 is 0. The molecule has 1 unspecified atom stereocenters. The zero-order chi connectivity index (χ0) is 12.8. The average Bonchev–Trinajstić information content (AvgIpc) is 2.25. The number of aliphatic carboxylic acids is 1. The second kappa shape index (κ2) is 6.32. The van der Waals surface area contributed by atoms with Crippen LogP contribution >= 0.6 is 0 Å². The van der Waals surface area contributed by atoms with Gasteiger partial charge in [0.15, 0.2) is 0 Å². The highest BCUT2D eigenvalue weighted by Crippen LogP contribution is 2.16. The Bertz CT molecular complexity index is 383. The monoisotopic (exact) mass is 240 g/mol. The fraction of sp³-hybridized carbons (Fsp3) is 0.417. The molecule has 94 valence electrons. The number of benzene rings is 1. The van der Waals surface area contributed by atoms with E-state index in [9.17, 15) is 9.18 Å². The van der Waals surface area contributed by atoms with Gasteiger partial charge in [0.05, 0.1) is 0 Å². The molecule has 1 aromatic rings. The van der Waals surface area contributed by atoms with Crippen LogP contribution in [-0.2, 0) is 4.79 Å². The highest BCUT2D eigenvalue weighted by Gasteiger charge is 2.21. The number of hydrogen-bond acceptors (Lipinski definition) is 3. The fourth-order valence-corrected chi connectivity index (χ4v) is 1.47. The number of likely N-dealkylation sites (N-methyl/N-ethyl adjacent to an activating group) is 1. The minimum atomic E-state index is -1.08. The Balaban J connectivity index is 2.73. The molecule has 0 aromatic heterocycles. The molecule has 0 aliphatic rings. The van der Waals surface area contributed by atoms with Crippen molar-refractivity contribution in [1.82, 2.24) is 10.2 Å². The molecule has 17 heavy (non-hydrogen) atoms. The van der Waals surface area contributed by atoms with Crippen molar-refractivity contribution >= 4 is 5.97 Å². The number of carboxylic acid groups (broad SMARTS) is 1. The van der Waals surface area contributed by atoms with Crippen molar-refractivity contribution in [3.05, 3.63) is 35.6 Å². The van der Waals surface area contributed by atoms with Gasteiger partial charge in [-0.1, -0.05) is 18.2 Å². The number of carbonyl (C=O) groups is 1. The van der Waals surface area contributed by atoms with Crippen molar-refractivity contribution in [3.8, 4) is 0 Å². The fourth-order valence-electron chi connectivity index (χ4n) is 1.47. The highest BCUT2D eigenvalue weighted by atomic mass is 19.1. The van der Waals surface area contributed by atoms with E-state index in [-0.39, 0.29) is 5.56 Å². The van der Waals surface area contributed by atoms with Crippen LogP contribution in [0.5, 0.6) is 0 Å². The SMILES string of the molecule is CN(C)CCNC(C(=O)O)c1ccccc1F. The zero-order valence-electron chi connectivity index (χ0n) is 9.98. The Morgan fingerprint density at radius 3 is 2.65 bits per heavy atom. The largest absolute Gasteiger partial charge is 0.480 e. The molecule has 0 heterocycles. The Kier molecular flexibility index (Phi) is 5.06. The van der Waals surface area contributed by atoms with Gasteiger partial charge in [-0.25, -0.2) is 4.39 Å². The summed E-state index contributed by atoms with van der Waals surface area (Å²) in [7, 11) is 3.78. The predicted molar refractivity (Wildman–Crippen MR) is 63.3 cm³/mol. The van der Waals surface area contributed by atoms with Crippen LogP contribution in [0.1, 0.15) is 11.6 Å². The molecule has 5 heteroatoms. The lowest BCUT2D eigenvalue weighted by molar-refractivity contribution is -0.139. The van der Waals surface area contributed by atoms with E-state index in [1.54, 1.807) is 6.07 Å². The molecule has 4 nitrogen and oxygen atoms in total. The first-order valence-corrected chi connectivity index (χ1v) is 5.37. The molecule has 0 amide bonds. The Hall–Kier alpha value is -1.46. The molecule has 1 atom stereocenters. The van der Waals surface area contributed by atoms with Gasteiger partial charge in [0.1, 0.15) is 11.9 Å². The van der Waals surface area contributed by atoms with Crippen LogP contribution in [-0.4, -0.2) is 43.2 Å². The first-order chi connectivity index (χ1) is 8.02. The number of hydrogen-bond donors (Lipinski definition) is 2. The van der Waals surface area contributed by atoms with E-state index >= 15 is 0 Å². The van der Waals surface area contributed by atoms with E-state index in [4.69, 9.17) is 5.11 Å². The Morgan fingerprint density at radius 1 is 1.47 bits per heavy atom. The van der Waals surface area contributed by atoms with Gasteiger partial charge in [-0.3, -0.25) is 10.1 Å². The summed E-state index contributed by atoms with van der Waals surface area (Å²) in [6.07, 6.45) is 0. The molecule has 0 spiro atoms. The van der Waals surface area contributed by atoms with Gasteiger partial charge in [-0.15, -0.1) is 0 Å². The summed E-state index contributed by atoms with van der Waals surface area (Å²) < 4.78 is 13.5. The molecule has 0 aliphatic heterocycles. The predicted octanol–water partition coefficient (Wildman–Crippen LogP) is 1.10. The molecule has 0 aliphatic carbocycles. The molecule has 0 saturated carbocycles. The summed E-state index contributed by atoms with van der Waals surface area (Å²) in [6.45, 7) is 1.18. The molecular formula is C12H17FN2O2. The van der Waals surface area contributed by atoms with Crippen LogP contribution in [0.3, 0.4) is 0 Å². The van der Waals surface area contributed by atoms with Gasteiger partial charge in [-0.2, -0.15) is 0 Å². The molecule has 0 radical (unpaired) electrons. The standard InChI is InChI=1S/C12H17FN2O2/c1-15(2)8-7-14-11(12(16)17)9-5-3-4-6-10(9)13/h3-6,11,14H,7-8H2,1-2H3,(H,16,17). The van der Waals surface area contributed by atoms with E-state index in [0.29, 0.717) is 13.1 Å². The van der Waals surface area contributed by atoms with E-state index in [2.05, 4.69) is 5.32 Å². The number of nitrogens with one attached hydrogen (secondary N) is 1. The maximum absolute atomic E-state index is 13.5. The third-order valence-corrected chi connectivity index (χ3v) is 2.37. The van der Waals surface area contributed by atoms with Gasteiger partial charge in [-0.05, 0) is 20.2 Å². The van der Waals surface area contributed by atoms with Crippen molar-refractivity contribution in [1.29, 1.82) is 0 Å². The summed E-state index contributed by atoms with van der Waals surface area (Å²) in [4.78, 5) is 13.0. The maximum Gasteiger partial charge on any atom is 0.325 e. The van der Waals surface area contributed by atoms with Crippen LogP contribution in [0.4, 0.5) is 4.39 Å². The Morgan fingerprint density at radius 2 is 2.12 bits per heavy atom. The van der Waals surface area contributed by atoms with E-state index in [1.807, 2.05) is 19.0 Å². The number of nitrogens with zero attached hydrogens (tertiary/aromatic N) is 1.